The number of carbonyl (C=O) groups is 1. The molecule has 18 heavy (non-hydrogen) atoms. The normalized spacial score (nSPS) is 11.5. The SMILES string of the molecule is C=CCC/C(C)=C/C=N/NC(=O)c1ccncc1. The summed E-state index contributed by atoms with van der Waals surface area (Å²) >= 11 is 0. The molecule has 0 saturated carbocycles. The number of nitrogens with zero attached hydrogens (tertiary/aromatic N) is 2. The van der Waals surface area contributed by atoms with Crippen LogP contribution in [0.4, 0.5) is 0 Å². The van der Waals surface area contributed by atoms with Crippen molar-refractivity contribution in [3.63, 3.8) is 0 Å². The fourth-order valence-electron chi connectivity index (χ4n) is 1.24. The maximum absolute atomic E-state index is 11.6. The van der Waals surface area contributed by atoms with Crippen molar-refractivity contribution in [2.75, 3.05) is 0 Å². The minimum absolute atomic E-state index is 0.245. The maximum atomic E-state index is 11.6. The number of carbonyl (C=O) groups excluding carboxylic acids is 1. The van der Waals surface area contributed by atoms with E-state index in [1.54, 1.807) is 30.7 Å². The highest BCUT2D eigenvalue weighted by Crippen LogP contribution is 2.02. The van der Waals surface area contributed by atoms with E-state index >= 15 is 0 Å². The number of nitrogens with one attached hydrogen (secondary N) is 1. The average Bonchev–Trinajstić information content (AvgIpc) is 2.42. The van der Waals surface area contributed by atoms with Crippen molar-refractivity contribution in [3.05, 3.63) is 54.4 Å². The molecule has 0 saturated heterocycles. The van der Waals surface area contributed by atoms with E-state index in [2.05, 4.69) is 22.1 Å². The molecule has 1 aromatic rings. The quantitative estimate of drug-likeness (QED) is 0.474. The Hall–Kier alpha value is -2.23. The molecule has 1 rings (SSSR count). The summed E-state index contributed by atoms with van der Waals surface area (Å²) in [5.41, 5.74) is 4.18. The van der Waals surface area contributed by atoms with Crippen molar-refractivity contribution < 1.29 is 4.79 Å². The van der Waals surface area contributed by atoms with Gasteiger partial charge in [-0.15, -0.1) is 6.58 Å². The van der Waals surface area contributed by atoms with Gasteiger partial charge in [-0.2, -0.15) is 5.10 Å². The summed E-state index contributed by atoms with van der Waals surface area (Å²) in [6.07, 6.45) is 10.4. The highest BCUT2D eigenvalue weighted by Gasteiger charge is 2.01. The molecule has 0 atom stereocenters. The Balaban J connectivity index is 2.41. The summed E-state index contributed by atoms with van der Waals surface area (Å²) in [5, 5.41) is 3.85. The zero-order chi connectivity index (χ0) is 13.2. The van der Waals surface area contributed by atoms with Crippen molar-refractivity contribution in [1.82, 2.24) is 10.4 Å². The van der Waals surface area contributed by atoms with Crippen LogP contribution in [0.5, 0.6) is 0 Å². The van der Waals surface area contributed by atoms with Gasteiger partial charge in [0.1, 0.15) is 0 Å². The summed E-state index contributed by atoms with van der Waals surface area (Å²) in [4.78, 5) is 15.4. The second kappa shape index (κ2) is 7.95. The molecule has 1 heterocycles. The van der Waals surface area contributed by atoms with Crippen molar-refractivity contribution in [1.29, 1.82) is 0 Å². The zero-order valence-electron chi connectivity index (χ0n) is 10.5. The zero-order valence-corrected chi connectivity index (χ0v) is 10.5. The Kier molecular flexibility index (Phi) is 6.11. The first-order valence-electron chi connectivity index (χ1n) is 5.74. The predicted molar refractivity (Wildman–Crippen MR) is 73.4 cm³/mol. The lowest BCUT2D eigenvalue weighted by Crippen LogP contribution is -2.17. The molecule has 0 fully saturated rings. The Morgan fingerprint density at radius 3 is 2.89 bits per heavy atom. The fraction of sp³-hybridized carbons (Fsp3) is 0.214. The first-order valence-corrected chi connectivity index (χ1v) is 5.74. The molecule has 0 radical (unpaired) electrons. The van der Waals surface area contributed by atoms with Gasteiger partial charge in [-0.1, -0.05) is 11.6 Å². The molecule has 4 nitrogen and oxygen atoms in total. The summed E-state index contributed by atoms with van der Waals surface area (Å²) in [6, 6.07) is 3.27. The van der Waals surface area contributed by atoms with Gasteiger partial charge in [0.2, 0.25) is 0 Å². The van der Waals surface area contributed by atoms with Gasteiger partial charge >= 0.3 is 0 Å². The highest BCUT2D eigenvalue weighted by atomic mass is 16.2. The van der Waals surface area contributed by atoms with E-state index in [1.807, 2.05) is 19.1 Å². The molecule has 94 valence electrons. The lowest BCUT2D eigenvalue weighted by atomic mass is 10.1. The molecule has 1 amide bonds. The van der Waals surface area contributed by atoms with Crippen molar-refractivity contribution in [2.24, 2.45) is 5.10 Å². The maximum Gasteiger partial charge on any atom is 0.271 e. The molecular formula is C14H17N3O. The van der Waals surface area contributed by atoms with E-state index in [4.69, 9.17) is 0 Å². The summed E-state index contributed by atoms with van der Waals surface area (Å²) < 4.78 is 0. The number of rotatable bonds is 6. The number of allylic oxidation sites excluding steroid dienone is 3. The second-order valence-corrected chi connectivity index (χ2v) is 3.80. The van der Waals surface area contributed by atoms with E-state index in [9.17, 15) is 4.79 Å². The molecule has 1 aromatic heterocycles. The fourth-order valence-corrected chi connectivity index (χ4v) is 1.24. The first kappa shape index (κ1) is 13.8. The van der Waals surface area contributed by atoms with Crippen molar-refractivity contribution in [3.8, 4) is 0 Å². The molecule has 0 aliphatic rings. The molecule has 0 spiro atoms. The third-order valence-electron chi connectivity index (χ3n) is 2.28. The predicted octanol–water partition coefficient (Wildman–Crippen LogP) is 2.71. The van der Waals surface area contributed by atoms with E-state index in [-0.39, 0.29) is 5.91 Å². The molecule has 0 bridgehead atoms. The third kappa shape index (κ3) is 5.21. The van der Waals surface area contributed by atoms with Crippen LogP contribution in [0.15, 0.2) is 53.9 Å². The van der Waals surface area contributed by atoms with E-state index in [1.165, 1.54) is 5.57 Å². The number of hydrogen-bond donors (Lipinski definition) is 1. The van der Waals surface area contributed by atoms with Crippen LogP contribution in [-0.2, 0) is 0 Å². The van der Waals surface area contributed by atoms with Crippen LogP contribution in [-0.4, -0.2) is 17.1 Å². The van der Waals surface area contributed by atoms with Gasteiger partial charge in [0, 0.05) is 24.2 Å². The van der Waals surface area contributed by atoms with Crippen molar-refractivity contribution in [2.45, 2.75) is 19.8 Å². The number of amides is 1. The molecule has 0 aliphatic carbocycles. The topological polar surface area (TPSA) is 54.4 Å². The Labute approximate surface area is 107 Å². The molecule has 1 N–H and O–H groups in total. The summed E-state index contributed by atoms with van der Waals surface area (Å²) in [6.45, 7) is 5.68. The molecule has 4 heteroatoms. The lowest BCUT2D eigenvalue weighted by Gasteiger charge is -1.98. The average molecular weight is 243 g/mol. The smallest absolute Gasteiger partial charge is 0.267 e. The standard InChI is InChI=1S/C14H17N3O/c1-3-4-5-12(2)6-11-16-17-14(18)13-7-9-15-10-8-13/h3,6-11H,1,4-5H2,2H3,(H,17,18)/b12-6+,16-11+. The lowest BCUT2D eigenvalue weighted by molar-refractivity contribution is 0.0955. The van der Waals surface area contributed by atoms with Crippen LogP contribution in [0, 0.1) is 0 Å². The van der Waals surface area contributed by atoms with Crippen molar-refractivity contribution >= 4 is 12.1 Å². The number of aromatic nitrogens is 1. The van der Waals surface area contributed by atoms with Crippen LogP contribution in [0.3, 0.4) is 0 Å². The minimum atomic E-state index is -0.245. The second-order valence-electron chi connectivity index (χ2n) is 3.80. The molecule has 0 unspecified atom stereocenters. The Morgan fingerprint density at radius 1 is 1.50 bits per heavy atom. The molecule has 0 aromatic carbocycles. The van der Waals surface area contributed by atoms with Crippen LogP contribution < -0.4 is 5.43 Å². The monoisotopic (exact) mass is 243 g/mol. The van der Waals surface area contributed by atoms with Gasteiger partial charge in [-0.25, -0.2) is 5.43 Å². The molecular weight excluding hydrogens is 226 g/mol. The van der Waals surface area contributed by atoms with Gasteiger partial charge in [0.05, 0.1) is 0 Å². The van der Waals surface area contributed by atoms with Crippen LogP contribution in [0.2, 0.25) is 0 Å². The Bertz CT molecular complexity index is 449. The number of hydrogen-bond acceptors (Lipinski definition) is 3. The van der Waals surface area contributed by atoms with E-state index < -0.39 is 0 Å². The number of hydrazone groups is 1. The van der Waals surface area contributed by atoms with Crippen LogP contribution >= 0.6 is 0 Å². The molecule has 0 aliphatic heterocycles. The van der Waals surface area contributed by atoms with Gasteiger partial charge in [-0.05, 0) is 38.0 Å². The Morgan fingerprint density at radius 2 is 2.22 bits per heavy atom. The van der Waals surface area contributed by atoms with Gasteiger partial charge in [0.15, 0.2) is 0 Å². The number of pyridine rings is 1. The largest absolute Gasteiger partial charge is 0.271 e. The first-order chi connectivity index (χ1) is 8.74. The highest BCUT2D eigenvalue weighted by molar-refractivity contribution is 5.94. The third-order valence-corrected chi connectivity index (χ3v) is 2.28. The summed E-state index contributed by atoms with van der Waals surface area (Å²) in [7, 11) is 0. The minimum Gasteiger partial charge on any atom is -0.267 e. The van der Waals surface area contributed by atoms with Crippen LogP contribution in [0.1, 0.15) is 30.1 Å². The van der Waals surface area contributed by atoms with Gasteiger partial charge in [-0.3, -0.25) is 9.78 Å². The van der Waals surface area contributed by atoms with Crippen LogP contribution in [0.25, 0.3) is 0 Å². The summed E-state index contributed by atoms with van der Waals surface area (Å²) in [5.74, 6) is -0.245. The van der Waals surface area contributed by atoms with E-state index in [0.717, 1.165) is 12.8 Å². The van der Waals surface area contributed by atoms with Gasteiger partial charge in [0.25, 0.3) is 5.91 Å². The van der Waals surface area contributed by atoms with Gasteiger partial charge < -0.3 is 0 Å². The van der Waals surface area contributed by atoms with E-state index in [0.29, 0.717) is 5.56 Å².